The van der Waals surface area contributed by atoms with E-state index in [4.69, 9.17) is 9.72 Å². The zero-order valence-corrected chi connectivity index (χ0v) is 11.1. The highest BCUT2D eigenvalue weighted by Crippen LogP contribution is 2.26. The molecule has 0 atom stereocenters. The zero-order valence-electron chi connectivity index (χ0n) is 11.1. The SMILES string of the molecule is COc1ccc2nc(-c3ccccc3)cc(C)c2c1. The first-order chi connectivity index (χ1) is 9.28. The number of pyridine rings is 1. The zero-order chi connectivity index (χ0) is 13.2. The number of nitrogens with zero attached hydrogens (tertiary/aromatic N) is 1. The Morgan fingerprint density at radius 2 is 1.74 bits per heavy atom. The minimum atomic E-state index is 0.866. The van der Waals surface area contributed by atoms with Crippen molar-refractivity contribution in [3.8, 4) is 17.0 Å². The molecule has 2 aromatic carbocycles. The molecule has 0 aliphatic rings. The fraction of sp³-hybridized carbons (Fsp3) is 0.118. The van der Waals surface area contributed by atoms with Gasteiger partial charge in [-0.2, -0.15) is 0 Å². The Morgan fingerprint density at radius 1 is 0.947 bits per heavy atom. The number of ether oxygens (including phenoxy) is 1. The summed E-state index contributed by atoms with van der Waals surface area (Å²) in [5.74, 6) is 0.866. The lowest BCUT2D eigenvalue weighted by atomic mass is 10.0. The molecule has 1 heterocycles. The maximum Gasteiger partial charge on any atom is 0.119 e. The van der Waals surface area contributed by atoms with Crippen LogP contribution in [0.5, 0.6) is 5.75 Å². The topological polar surface area (TPSA) is 22.1 Å². The summed E-state index contributed by atoms with van der Waals surface area (Å²) in [6, 6.07) is 18.4. The largest absolute Gasteiger partial charge is 0.497 e. The lowest BCUT2D eigenvalue weighted by Gasteiger charge is -2.08. The van der Waals surface area contributed by atoms with Crippen molar-refractivity contribution in [3.63, 3.8) is 0 Å². The molecule has 2 heteroatoms. The number of benzene rings is 2. The second kappa shape index (κ2) is 4.73. The molecular weight excluding hydrogens is 234 g/mol. The van der Waals surface area contributed by atoms with Crippen molar-refractivity contribution in [1.82, 2.24) is 4.98 Å². The van der Waals surface area contributed by atoms with Crippen LogP contribution in [0.25, 0.3) is 22.2 Å². The van der Waals surface area contributed by atoms with Gasteiger partial charge in [0.2, 0.25) is 0 Å². The molecule has 0 aliphatic carbocycles. The van der Waals surface area contributed by atoms with E-state index >= 15 is 0 Å². The van der Waals surface area contributed by atoms with Crippen LogP contribution < -0.4 is 4.74 Å². The van der Waals surface area contributed by atoms with Gasteiger partial charge in [-0.15, -0.1) is 0 Å². The molecule has 0 radical (unpaired) electrons. The van der Waals surface area contributed by atoms with Crippen LogP contribution in [-0.2, 0) is 0 Å². The second-order valence-electron chi connectivity index (χ2n) is 4.57. The fourth-order valence-electron chi connectivity index (χ4n) is 2.26. The standard InChI is InChI=1S/C17H15NO/c1-12-10-17(13-6-4-3-5-7-13)18-16-9-8-14(19-2)11-15(12)16/h3-11H,1-2H3. The highest BCUT2D eigenvalue weighted by molar-refractivity contribution is 5.86. The maximum atomic E-state index is 5.26. The summed E-state index contributed by atoms with van der Waals surface area (Å²) in [6.07, 6.45) is 0. The predicted octanol–water partition coefficient (Wildman–Crippen LogP) is 4.22. The minimum absolute atomic E-state index is 0.866. The van der Waals surface area contributed by atoms with Gasteiger partial charge in [-0.3, -0.25) is 0 Å². The summed E-state index contributed by atoms with van der Waals surface area (Å²) in [5, 5.41) is 1.14. The first-order valence-corrected chi connectivity index (χ1v) is 6.29. The average Bonchev–Trinajstić information content (AvgIpc) is 2.48. The van der Waals surface area contributed by atoms with Crippen molar-refractivity contribution in [1.29, 1.82) is 0 Å². The summed E-state index contributed by atoms with van der Waals surface area (Å²) in [6.45, 7) is 2.11. The molecule has 0 amide bonds. The van der Waals surface area contributed by atoms with Gasteiger partial charge in [0.25, 0.3) is 0 Å². The van der Waals surface area contributed by atoms with Crippen LogP contribution in [0, 0.1) is 6.92 Å². The molecule has 0 spiro atoms. The van der Waals surface area contributed by atoms with Crippen LogP contribution >= 0.6 is 0 Å². The summed E-state index contributed by atoms with van der Waals surface area (Å²) in [7, 11) is 1.68. The third-order valence-electron chi connectivity index (χ3n) is 3.29. The molecule has 0 saturated carbocycles. The fourth-order valence-corrected chi connectivity index (χ4v) is 2.26. The molecule has 3 aromatic rings. The summed E-state index contributed by atoms with van der Waals surface area (Å²) in [4.78, 5) is 4.73. The van der Waals surface area contributed by atoms with Crippen molar-refractivity contribution in [2.75, 3.05) is 7.11 Å². The van der Waals surface area contributed by atoms with E-state index in [9.17, 15) is 0 Å². The molecule has 0 fully saturated rings. The predicted molar refractivity (Wildman–Crippen MR) is 78.5 cm³/mol. The van der Waals surface area contributed by atoms with Crippen molar-refractivity contribution in [3.05, 3.63) is 60.2 Å². The van der Waals surface area contributed by atoms with Crippen molar-refractivity contribution in [2.45, 2.75) is 6.92 Å². The quantitative estimate of drug-likeness (QED) is 0.678. The summed E-state index contributed by atoms with van der Waals surface area (Å²) in [5.41, 5.74) is 4.36. The van der Waals surface area contributed by atoms with Crippen LogP contribution in [0.2, 0.25) is 0 Å². The third kappa shape index (κ3) is 2.17. The number of aryl methyl sites for hydroxylation is 1. The Kier molecular flexibility index (Phi) is 2.92. The number of aromatic nitrogens is 1. The highest BCUT2D eigenvalue weighted by atomic mass is 16.5. The van der Waals surface area contributed by atoms with Crippen LogP contribution in [0.15, 0.2) is 54.6 Å². The summed E-state index contributed by atoms with van der Waals surface area (Å²) >= 11 is 0. The molecule has 1 aromatic heterocycles. The van der Waals surface area contributed by atoms with Crippen LogP contribution in [0.3, 0.4) is 0 Å². The first kappa shape index (κ1) is 11.7. The maximum absolute atomic E-state index is 5.26. The molecule has 2 nitrogen and oxygen atoms in total. The Morgan fingerprint density at radius 3 is 2.47 bits per heavy atom. The van der Waals surface area contributed by atoms with Gasteiger partial charge >= 0.3 is 0 Å². The highest BCUT2D eigenvalue weighted by Gasteiger charge is 2.05. The van der Waals surface area contributed by atoms with E-state index in [1.165, 1.54) is 5.56 Å². The normalized spacial score (nSPS) is 10.6. The molecular formula is C17H15NO. The number of rotatable bonds is 2. The van der Waals surface area contributed by atoms with E-state index in [2.05, 4.69) is 25.1 Å². The van der Waals surface area contributed by atoms with Gasteiger partial charge in [0, 0.05) is 10.9 Å². The monoisotopic (exact) mass is 249 g/mol. The smallest absolute Gasteiger partial charge is 0.119 e. The van der Waals surface area contributed by atoms with Crippen LogP contribution in [0.1, 0.15) is 5.56 Å². The van der Waals surface area contributed by atoms with Gasteiger partial charge in [-0.1, -0.05) is 30.3 Å². The Hall–Kier alpha value is -2.35. The van der Waals surface area contributed by atoms with Gasteiger partial charge in [-0.05, 0) is 36.8 Å². The number of hydrogen-bond acceptors (Lipinski definition) is 2. The van der Waals surface area contributed by atoms with E-state index < -0.39 is 0 Å². The minimum Gasteiger partial charge on any atom is -0.497 e. The van der Waals surface area contributed by atoms with Gasteiger partial charge < -0.3 is 4.74 Å². The van der Waals surface area contributed by atoms with Gasteiger partial charge in [-0.25, -0.2) is 4.98 Å². The number of fused-ring (bicyclic) bond motifs is 1. The molecule has 19 heavy (non-hydrogen) atoms. The molecule has 0 aliphatic heterocycles. The lowest BCUT2D eigenvalue weighted by Crippen LogP contribution is -1.90. The molecule has 3 rings (SSSR count). The van der Waals surface area contributed by atoms with E-state index in [0.717, 1.165) is 27.9 Å². The average molecular weight is 249 g/mol. The van der Waals surface area contributed by atoms with Gasteiger partial charge in [0.05, 0.1) is 18.3 Å². The van der Waals surface area contributed by atoms with Crippen molar-refractivity contribution < 1.29 is 4.74 Å². The molecule has 0 bridgehead atoms. The van der Waals surface area contributed by atoms with E-state index in [1.54, 1.807) is 7.11 Å². The lowest BCUT2D eigenvalue weighted by molar-refractivity contribution is 0.415. The number of methoxy groups -OCH3 is 1. The van der Waals surface area contributed by atoms with E-state index in [1.807, 2.05) is 36.4 Å². The Balaban J connectivity index is 2.20. The second-order valence-corrected chi connectivity index (χ2v) is 4.57. The van der Waals surface area contributed by atoms with E-state index in [-0.39, 0.29) is 0 Å². The van der Waals surface area contributed by atoms with Crippen molar-refractivity contribution >= 4 is 10.9 Å². The third-order valence-corrected chi connectivity index (χ3v) is 3.29. The summed E-state index contributed by atoms with van der Waals surface area (Å²) < 4.78 is 5.26. The van der Waals surface area contributed by atoms with Crippen LogP contribution in [-0.4, -0.2) is 12.1 Å². The molecule has 0 unspecified atom stereocenters. The molecule has 0 N–H and O–H groups in total. The molecule has 0 saturated heterocycles. The first-order valence-electron chi connectivity index (χ1n) is 6.29. The van der Waals surface area contributed by atoms with Crippen molar-refractivity contribution in [2.24, 2.45) is 0 Å². The van der Waals surface area contributed by atoms with Gasteiger partial charge in [0.1, 0.15) is 5.75 Å². The molecule has 94 valence electrons. The number of hydrogen-bond donors (Lipinski definition) is 0. The Labute approximate surface area is 112 Å². The van der Waals surface area contributed by atoms with E-state index in [0.29, 0.717) is 0 Å². The van der Waals surface area contributed by atoms with Crippen LogP contribution in [0.4, 0.5) is 0 Å². The Bertz CT molecular complexity index is 720. The van der Waals surface area contributed by atoms with Gasteiger partial charge in [0.15, 0.2) is 0 Å².